The summed E-state index contributed by atoms with van der Waals surface area (Å²) in [5, 5.41) is 7.62. The van der Waals surface area contributed by atoms with Crippen molar-refractivity contribution >= 4 is 11.5 Å². The van der Waals surface area contributed by atoms with Crippen molar-refractivity contribution in [3.05, 3.63) is 29.5 Å². The number of aromatic nitrogens is 2. The zero-order chi connectivity index (χ0) is 14.8. The van der Waals surface area contributed by atoms with Crippen molar-refractivity contribution in [2.45, 2.75) is 13.3 Å². The second-order valence-corrected chi connectivity index (χ2v) is 5.13. The molecular formula is C15H20N4O2. The number of nitrogens with two attached hydrogens (primary N) is 1. The molecular weight excluding hydrogens is 268 g/mol. The average molecular weight is 288 g/mol. The summed E-state index contributed by atoms with van der Waals surface area (Å²) in [4.78, 5) is 0. The Labute approximate surface area is 123 Å². The van der Waals surface area contributed by atoms with E-state index in [1.807, 2.05) is 26.1 Å². The van der Waals surface area contributed by atoms with Gasteiger partial charge in [-0.1, -0.05) is 6.07 Å². The molecule has 0 atom stereocenters. The minimum atomic E-state index is 0.611. The predicted molar refractivity (Wildman–Crippen MR) is 82.0 cm³/mol. The van der Waals surface area contributed by atoms with E-state index in [4.69, 9.17) is 15.2 Å². The number of fused-ring (bicyclic) bond motifs is 1. The van der Waals surface area contributed by atoms with E-state index in [0.29, 0.717) is 18.9 Å². The van der Waals surface area contributed by atoms with E-state index in [1.165, 1.54) is 5.56 Å². The van der Waals surface area contributed by atoms with Crippen molar-refractivity contribution in [3.63, 3.8) is 0 Å². The van der Waals surface area contributed by atoms with Crippen LogP contribution in [0.25, 0.3) is 0 Å². The Morgan fingerprint density at radius 1 is 1.29 bits per heavy atom. The molecule has 1 aliphatic rings. The van der Waals surface area contributed by atoms with E-state index < -0.39 is 0 Å². The van der Waals surface area contributed by atoms with Crippen molar-refractivity contribution in [2.75, 3.05) is 30.8 Å². The van der Waals surface area contributed by atoms with E-state index in [-0.39, 0.29) is 0 Å². The quantitative estimate of drug-likeness (QED) is 0.896. The maximum atomic E-state index is 5.99. The van der Waals surface area contributed by atoms with Crippen LogP contribution in [0.3, 0.4) is 0 Å². The largest absolute Gasteiger partial charge is 0.486 e. The van der Waals surface area contributed by atoms with Gasteiger partial charge in [0.15, 0.2) is 11.5 Å². The molecule has 0 amide bonds. The Bertz CT molecular complexity index is 651. The van der Waals surface area contributed by atoms with Gasteiger partial charge in [0.1, 0.15) is 19.0 Å². The Balaban J connectivity index is 1.63. The first kappa shape index (κ1) is 13.6. The first-order valence-electron chi connectivity index (χ1n) is 7.06. The summed E-state index contributed by atoms with van der Waals surface area (Å²) >= 11 is 0. The number of nitrogens with zero attached hydrogens (tertiary/aromatic N) is 2. The first-order chi connectivity index (χ1) is 10.1. The molecule has 0 saturated carbocycles. The van der Waals surface area contributed by atoms with Crippen LogP contribution in [0, 0.1) is 6.92 Å². The normalized spacial score (nSPS) is 13.2. The highest BCUT2D eigenvalue weighted by atomic mass is 16.6. The fourth-order valence-electron chi connectivity index (χ4n) is 2.45. The number of ether oxygens (including phenoxy) is 2. The second kappa shape index (κ2) is 5.55. The van der Waals surface area contributed by atoms with Gasteiger partial charge in [-0.05, 0) is 31.0 Å². The van der Waals surface area contributed by atoms with Crippen molar-refractivity contribution in [3.8, 4) is 11.5 Å². The minimum absolute atomic E-state index is 0.611. The Kier molecular flexibility index (Phi) is 3.60. The van der Waals surface area contributed by atoms with Gasteiger partial charge in [-0.2, -0.15) is 5.10 Å². The molecule has 2 aromatic rings. The lowest BCUT2D eigenvalue weighted by Crippen LogP contribution is -2.15. The van der Waals surface area contributed by atoms with Crippen LogP contribution in [-0.2, 0) is 13.5 Å². The van der Waals surface area contributed by atoms with Crippen LogP contribution < -0.4 is 20.5 Å². The predicted octanol–water partition coefficient (Wildman–Crippen LogP) is 1.74. The molecule has 112 valence electrons. The van der Waals surface area contributed by atoms with Crippen LogP contribution >= 0.6 is 0 Å². The number of rotatable bonds is 4. The number of benzene rings is 1. The van der Waals surface area contributed by atoms with Gasteiger partial charge in [-0.25, -0.2) is 0 Å². The third kappa shape index (κ3) is 2.74. The molecule has 6 heteroatoms. The Morgan fingerprint density at radius 2 is 2.05 bits per heavy atom. The smallest absolute Gasteiger partial charge is 0.161 e. The van der Waals surface area contributed by atoms with Crippen molar-refractivity contribution < 1.29 is 9.47 Å². The number of hydrogen-bond donors (Lipinski definition) is 2. The molecule has 1 aromatic carbocycles. The highest BCUT2D eigenvalue weighted by Gasteiger charge is 2.12. The van der Waals surface area contributed by atoms with Gasteiger partial charge in [0.2, 0.25) is 0 Å². The number of aryl methyl sites for hydroxylation is 2. The lowest BCUT2D eigenvalue weighted by molar-refractivity contribution is 0.171. The van der Waals surface area contributed by atoms with Gasteiger partial charge in [0.05, 0.1) is 11.4 Å². The van der Waals surface area contributed by atoms with Crippen LogP contribution in [-0.4, -0.2) is 29.5 Å². The summed E-state index contributed by atoms with van der Waals surface area (Å²) < 4.78 is 12.9. The molecule has 3 rings (SSSR count). The van der Waals surface area contributed by atoms with E-state index in [1.54, 1.807) is 4.68 Å². The number of nitrogen functional groups attached to an aromatic ring is 1. The van der Waals surface area contributed by atoms with Crippen LogP contribution in [0.4, 0.5) is 11.5 Å². The summed E-state index contributed by atoms with van der Waals surface area (Å²) in [6.45, 7) is 3.91. The molecule has 0 fully saturated rings. The highest BCUT2D eigenvalue weighted by Crippen LogP contribution is 2.31. The van der Waals surface area contributed by atoms with Gasteiger partial charge < -0.3 is 20.5 Å². The molecule has 0 radical (unpaired) electrons. The summed E-state index contributed by atoms with van der Waals surface area (Å²) in [6, 6.07) is 6.06. The topological polar surface area (TPSA) is 74.3 Å². The monoisotopic (exact) mass is 288 g/mol. The molecule has 0 bridgehead atoms. The van der Waals surface area contributed by atoms with E-state index >= 15 is 0 Å². The third-order valence-corrected chi connectivity index (χ3v) is 3.58. The van der Waals surface area contributed by atoms with Gasteiger partial charge in [0.25, 0.3) is 0 Å². The van der Waals surface area contributed by atoms with Gasteiger partial charge in [-0.3, -0.25) is 4.68 Å². The minimum Gasteiger partial charge on any atom is -0.486 e. The molecule has 0 aliphatic carbocycles. The fourth-order valence-corrected chi connectivity index (χ4v) is 2.45. The highest BCUT2D eigenvalue weighted by molar-refractivity contribution is 5.64. The molecule has 1 aliphatic heterocycles. The SMILES string of the molecule is Cc1nn(C)c(NCCc2ccc3c(c2)OCCO3)c1N. The summed E-state index contributed by atoms with van der Waals surface area (Å²) in [5.74, 6) is 2.52. The average Bonchev–Trinajstić information content (AvgIpc) is 2.73. The molecule has 3 N–H and O–H groups in total. The van der Waals surface area contributed by atoms with Crippen molar-refractivity contribution in [1.82, 2.24) is 9.78 Å². The summed E-state index contributed by atoms with van der Waals surface area (Å²) in [6.07, 6.45) is 0.875. The van der Waals surface area contributed by atoms with E-state index in [0.717, 1.165) is 36.0 Å². The maximum Gasteiger partial charge on any atom is 0.161 e. The van der Waals surface area contributed by atoms with Gasteiger partial charge in [0, 0.05) is 13.6 Å². The number of hydrogen-bond acceptors (Lipinski definition) is 5. The van der Waals surface area contributed by atoms with Crippen LogP contribution in [0.2, 0.25) is 0 Å². The van der Waals surface area contributed by atoms with E-state index in [9.17, 15) is 0 Å². The van der Waals surface area contributed by atoms with Crippen LogP contribution in [0.15, 0.2) is 18.2 Å². The zero-order valence-electron chi connectivity index (χ0n) is 12.3. The fraction of sp³-hybridized carbons (Fsp3) is 0.400. The lowest BCUT2D eigenvalue weighted by Gasteiger charge is -2.19. The molecule has 21 heavy (non-hydrogen) atoms. The van der Waals surface area contributed by atoms with E-state index in [2.05, 4.69) is 16.5 Å². The van der Waals surface area contributed by atoms with Crippen molar-refractivity contribution in [1.29, 1.82) is 0 Å². The Hall–Kier alpha value is -2.37. The van der Waals surface area contributed by atoms with Gasteiger partial charge >= 0.3 is 0 Å². The maximum absolute atomic E-state index is 5.99. The van der Waals surface area contributed by atoms with Crippen LogP contribution in [0.1, 0.15) is 11.3 Å². The number of anilines is 2. The Morgan fingerprint density at radius 3 is 2.76 bits per heavy atom. The molecule has 0 spiro atoms. The lowest BCUT2D eigenvalue weighted by atomic mass is 10.1. The third-order valence-electron chi connectivity index (χ3n) is 3.58. The van der Waals surface area contributed by atoms with Crippen LogP contribution in [0.5, 0.6) is 11.5 Å². The summed E-state index contributed by atoms with van der Waals surface area (Å²) in [5.41, 5.74) is 8.74. The molecule has 2 heterocycles. The first-order valence-corrected chi connectivity index (χ1v) is 7.06. The number of nitrogens with one attached hydrogen (secondary N) is 1. The molecule has 0 unspecified atom stereocenters. The standard InChI is InChI=1S/C15H20N4O2/c1-10-14(16)15(19(2)18-10)17-6-5-11-3-4-12-13(9-11)21-8-7-20-12/h3-4,9,17H,5-8,16H2,1-2H3. The zero-order valence-corrected chi connectivity index (χ0v) is 12.3. The molecule has 0 saturated heterocycles. The summed E-state index contributed by atoms with van der Waals surface area (Å²) in [7, 11) is 1.88. The second-order valence-electron chi connectivity index (χ2n) is 5.13. The molecule has 1 aromatic heterocycles. The molecule has 6 nitrogen and oxygen atoms in total. The van der Waals surface area contributed by atoms with Crippen molar-refractivity contribution in [2.24, 2.45) is 7.05 Å². The van der Waals surface area contributed by atoms with Gasteiger partial charge in [-0.15, -0.1) is 0 Å².